The van der Waals surface area contributed by atoms with Crippen molar-refractivity contribution < 1.29 is 8.42 Å². The molecule has 1 N–H and O–H groups in total. The van der Waals surface area contributed by atoms with E-state index in [-0.39, 0.29) is 4.66 Å². The Balaban J connectivity index is 2.99. The van der Waals surface area contributed by atoms with Gasteiger partial charge in [0.15, 0.2) is 0 Å². The third kappa shape index (κ3) is 3.42. The fourth-order valence-electron chi connectivity index (χ4n) is 0.767. The van der Waals surface area contributed by atoms with E-state index in [1.165, 1.54) is 0 Å². The SMILES string of the molecule is O=S(=O)(CBr)Nc1ccc(Br)cc1Cl. The summed E-state index contributed by atoms with van der Waals surface area (Å²) in [5.41, 5.74) is 0.370. The molecule has 0 bridgehead atoms. The number of nitrogens with one attached hydrogen (secondary N) is 1. The lowest BCUT2D eigenvalue weighted by Gasteiger charge is -2.07. The molecule has 7 heteroatoms. The second-order valence-electron chi connectivity index (χ2n) is 2.45. The van der Waals surface area contributed by atoms with Crippen LogP contribution < -0.4 is 4.72 Å². The topological polar surface area (TPSA) is 46.2 Å². The van der Waals surface area contributed by atoms with Gasteiger partial charge < -0.3 is 0 Å². The zero-order chi connectivity index (χ0) is 10.8. The van der Waals surface area contributed by atoms with Crippen LogP contribution in [0.1, 0.15) is 0 Å². The highest BCUT2D eigenvalue weighted by Gasteiger charge is 2.10. The molecule has 0 aromatic heterocycles. The van der Waals surface area contributed by atoms with E-state index in [9.17, 15) is 8.42 Å². The molecule has 0 amide bonds. The first-order chi connectivity index (χ1) is 6.44. The van der Waals surface area contributed by atoms with Gasteiger partial charge in [0.25, 0.3) is 0 Å². The minimum absolute atomic E-state index is 0.160. The first-order valence-corrected chi connectivity index (χ1v) is 7.40. The smallest absolute Gasteiger partial charge is 0.242 e. The van der Waals surface area contributed by atoms with Gasteiger partial charge in [0.05, 0.1) is 10.7 Å². The van der Waals surface area contributed by atoms with Gasteiger partial charge in [-0.3, -0.25) is 4.72 Å². The highest BCUT2D eigenvalue weighted by atomic mass is 79.9. The number of rotatable bonds is 3. The second kappa shape index (κ2) is 4.83. The van der Waals surface area contributed by atoms with Crippen LogP contribution >= 0.6 is 43.5 Å². The fraction of sp³-hybridized carbons (Fsp3) is 0.143. The Labute approximate surface area is 104 Å². The predicted octanol–water partition coefficient (Wildman–Crippen LogP) is 3.20. The summed E-state index contributed by atoms with van der Waals surface area (Å²) < 4.78 is 25.3. The zero-order valence-electron chi connectivity index (χ0n) is 6.80. The molecule has 0 aliphatic rings. The molecular formula is C7H6Br2ClNO2S. The van der Waals surface area contributed by atoms with Gasteiger partial charge in [-0.15, -0.1) is 0 Å². The van der Waals surface area contributed by atoms with Crippen molar-refractivity contribution in [1.29, 1.82) is 0 Å². The third-order valence-electron chi connectivity index (χ3n) is 1.34. The average Bonchev–Trinajstić information content (AvgIpc) is 2.10. The summed E-state index contributed by atoms with van der Waals surface area (Å²) in [5, 5.41) is 0.351. The highest BCUT2D eigenvalue weighted by Crippen LogP contribution is 2.26. The molecule has 0 atom stereocenters. The highest BCUT2D eigenvalue weighted by molar-refractivity contribution is 9.11. The van der Waals surface area contributed by atoms with Crippen LogP contribution in [0.15, 0.2) is 22.7 Å². The number of anilines is 1. The molecule has 0 spiro atoms. The van der Waals surface area contributed by atoms with Crippen molar-refractivity contribution in [1.82, 2.24) is 0 Å². The number of benzene rings is 1. The lowest BCUT2D eigenvalue weighted by atomic mass is 10.3. The van der Waals surface area contributed by atoms with Crippen molar-refractivity contribution in [3.05, 3.63) is 27.7 Å². The maximum absolute atomic E-state index is 11.2. The molecule has 0 radical (unpaired) electrons. The Morgan fingerprint density at radius 2 is 2.07 bits per heavy atom. The minimum atomic E-state index is -3.34. The van der Waals surface area contributed by atoms with Crippen molar-refractivity contribution in [2.24, 2.45) is 0 Å². The molecule has 1 aromatic carbocycles. The third-order valence-corrected chi connectivity index (χ3v) is 4.77. The maximum Gasteiger partial charge on any atom is 0.242 e. The lowest BCUT2D eigenvalue weighted by molar-refractivity contribution is 0.606. The van der Waals surface area contributed by atoms with Crippen LogP contribution in [0.4, 0.5) is 5.69 Å². The Morgan fingerprint density at radius 3 is 2.57 bits per heavy atom. The van der Waals surface area contributed by atoms with Crippen molar-refractivity contribution in [3.63, 3.8) is 0 Å². The summed E-state index contributed by atoms with van der Waals surface area (Å²) in [5.74, 6) is 0. The van der Waals surface area contributed by atoms with Gasteiger partial charge >= 0.3 is 0 Å². The van der Waals surface area contributed by atoms with Crippen molar-refractivity contribution in [3.8, 4) is 0 Å². The Hall–Kier alpha value is 0.220. The van der Waals surface area contributed by atoms with E-state index in [0.717, 1.165) is 4.47 Å². The minimum Gasteiger partial charge on any atom is -0.281 e. The number of sulfonamides is 1. The van der Waals surface area contributed by atoms with E-state index in [1.54, 1.807) is 18.2 Å². The largest absolute Gasteiger partial charge is 0.281 e. The standard InChI is InChI=1S/C7H6Br2ClNO2S/c8-4-14(12,13)11-7-2-1-5(9)3-6(7)10/h1-3,11H,4H2. The van der Waals surface area contributed by atoms with E-state index in [1.807, 2.05) is 0 Å². The van der Waals surface area contributed by atoms with Gasteiger partial charge in [-0.25, -0.2) is 8.42 Å². The van der Waals surface area contributed by atoms with Gasteiger partial charge in [0, 0.05) is 4.47 Å². The van der Waals surface area contributed by atoms with E-state index >= 15 is 0 Å². The van der Waals surface area contributed by atoms with Gasteiger partial charge in [-0.2, -0.15) is 0 Å². The van der Waals surface area contributed by atoms with Crippen LogP contribution in [-0.2, 0) is 10.0 Å². The molecule has 1 rings (SSSR count). The van der Waals surface area contributed by atoms with Crippen molar-refractivity contribution in [2.75, 3.05) is 9.38 Å². The first kappa shape index (κ1) is 12.3. The van der Waals surface area contributed by atoms with E-state index < -0.39 is 10.0 Å². The lowest BCUT2D eigenvalue weighted by Crippen LogP contribution is -2.13. The molecule has 0 heterocycles. The van der Waals surface area contributed by atoms with Gasteiger partial charge in [0.2, 0.25) is 10.0 Å². The van der Waals surface area contributed by atoms with Crippen molar-refractivity contribution >= 4 is 59.2 Å². The second-order valence-corrected chi connectivity index (χ2v) is 6.80. The van der Waals surface area contributed by atoms with E-state index in [0.29, 0.717) is 10.7 Å². The molecule has 78 valence electrons. The van der Waals surface area contributed by atoms with Gasteiger partial charge in [0.1, 0.15) is 4.66 Å². The van der Waals surface area contributed by atoms with Crippen LogP contribution in [0.2, 0.25) is 5.02 Å². The maximum atomic E-state index is 11.2. The summed E-state index contributed by atoms with van der Waals surface area (Å²) in [7, 11) is -3.34. The number of halogens is 3. The van der Waals surface area contributed by atoms with Crippen LogP contribution in [0.5, 0.6) is 0 Å². The summed E-state index contributed by atoms with van der Waals surface area (Å²) in [6.07, 6.45) is 0. The van der Waals surface area contributed by atoms with Crippen molar-refractivity contribution in [2.45, 2.75) is 0 Å². The first-order valence-electron chi connectivity index (χ1n) is 3.46. The van der Waals surface area contributed by atoms with Gasteiger partial charge in [-0.05, 0) is 18.2 Å². The average molecular weight is 363 g/mol. The summed E-state index contributed by atoms with van der Waals surface area (Å²) in [6.45, 7) is 0. The molecule has 0 aliphatic carbocycles. The van der Waals surface area contributed by atoms with Crippen LogP contribution in [-0.4, -0.2) is 13.1 Å². The van der Waals surface area contributed by atoms with Crippen LogP contribution in [0.25, 0.3) is 0 Å². The molecule has 0 saturated carbocycles. The van der Waals surface area contributed by atoms with Gasteiger partial charge in [-0.1, -0.05) is 43.5 Å². The normalized spacial score (nSPS) is 11.4. The molecule has 0 fully saturated rings. The van der Waals surface area contributed by atoms with Crippen LogP contribution in [0, 0.1) is 0 Å². The molecular weight excluding hydrogens is 357 g/mol. The molecule has 0 unspecified atom stereocenters. The quantitative estimate of drug-likeness (QED) is 0.839. The zero-order valence-corrected chi connectivity index (χ0v) is 11.5. The van der Waals surface area contributed by atoms with Crippen LogP contribution in [0.3, 0.4) is 0 Å². The number of hydrogen-bond donors (Lipinski definition) is 1. The summed E-state index contributed by atoms with van der Waals surface area (Å²) in [6, 6.07) is 4.91. The molecule has 0 aliphatic heterocycles. The molecule has 3 nitrogen and oxygen atoms in total. The molecule has 0 saturated heterocycles. The summed E-state index contributed by atoms with van der Waals surface area (Å²) >= 11 is 11.9. The Kier molecular flexibility index (Phi) is 4.24. The Bertz CT molecular complexity index is 435. The summed E-state index contributed by atoms with van der Waals surface area (Å²) in [4.78, 5) is 0. The molecule has 14 heavy (non-hydrogen) atoms. The molecule has 1 aromatic rings. The van der Waals surface area contributed by atoms with E-state index in [4.69, 9.17) is 11.6 Å². The Morgan fingerprint density at radius 1 is 1.43 bits per heavy atom. The monoisotopic (exact) mass is 361 g/mol. The number of hydrogen-bond acceptors (Lipinski definition) is 2. The fourth-order valence-corrected chi connectivity index (χ4v) is 2.45. The number of alkyl halides is 1. The predicted molar refractivity (Wildman–Crippen MR) is 65.5 cm³/mol. The van der Waals surface area contributed by atoms with E-state index in [2.05, 4.69) is 36.6 Å².